The molecule has 0 bridgehead atoms. The first-order valence-corrected chi connectivity index (χ1v) is 7.81. The van der Waals surface area contributed by atoms with Gasteiger partial charge in [0.1, 0.15) is 0 Å². The highest BCUT2D eigenvalue weighted by atomic mass is 31.1. The Kier molecular flexibility index (Phi) is 8.30. The zero-order valence-electron chi connectivity index (χ0n) is 10.9. The van der Waals surface area contributed by atoms with Gasteiger partial charge in [-0.3, -0.25) is 0 Å². The Morgan fingerprint density at radius 1 is 0.941 bits per heavy atom. The lowest BCUT2D eigenvalue weighted by molar-refractivity contribution is 0.589. The predicted octanol–water partition coefficient (Wildman–Crippen LogP) is 4.19. The quantitative estimate of drug-likeness (QED) is 0.516. The van der Waals surface area contributed by atoms with Gasteiger partial charge in [0.05, 0.1) is 0 Å². The Hall–Kier alpha value is -0.390. The van der Waals surface area contributed by atoms with Crippen LogP contribution >= 0.6 is 8.81 Å². The second kappa shape index (κ2) is 9.62. The second-order valence-corrected chi connectivity index (χ2v) is 5.40. The van der Waals surface area contributed by atoms with E-state index in [4.69, 9.17) is 0 Å². The number of rotatable bonds is 9. The van der Waals surface area contributed by atoms with Gasteiger partial charge in [-0.1, -0.05) is 69.7 Å². The van der Waals surface area contributed by atoms with Crippen molar-refractivity contribution < 1.29 is 4.89 Å². The molecule has 17 heavy (non-hydrogen) atoms. The highest BCUT2D eigenvalue weighted by Gasteiger charge is 2.00. The van der Waals surface area contributed by atoms with Gasteiger partial charge in [-0.15, -0.1) is 0 Å². The molecule has 1 unspecified atom stereocenters. The fraction of sp³-hybridized carbons (Fsp3) is 0.600. The SMILES string of the molecule is CCCCCCCCCc1ccccc1PO. The summed E-state index contributed by atoms with van der Waals surface area (Å²) in [5.41, 5.74) is 1.34. The molecule has 1 aromatic carbocycles. The van der Waals surface area contributed by atoms with Crippen molar-refractivity contribution in [3.05, 3.63) is 29.8 Å². The van der Waals surface area contributed by atoms with Crippen LogP contribution in [0.1, 0.15) is 57.4 Å². The Morgan fingerprint density at radius 3 is 2.29 bits per heavy atom. The standard InChI is InChI=1S/C15H25OP/c1-2-3-4-5-6-7-8-11-14-12-9-10-13-15(14)17-16/h9-10,12-13,16-17H,2-8,11H2,1H3. The van der Waals surface area contributed by atoms with Crippen molar-refractivity contribution >= 4 is 14.1 Å². The molecule has 0 saturated heterocycles. The van der Waals surface area contributed by atoms with Crippen molar-refractivity contribution in [3.8, 4) is 0 Å². The van der Waals surface area contributed by atoms with E-state index in [1.54, 1.807) is 0 Å². The molecule has 0 spiro atoms. The molecule has 0 aliphatic heterocycles. The molecule has 0 aromatic heterocycles. The molecule has 1 atom stereocenters. The second-order valence-electron chi connectivity index (χ2n) is 4.64. The summed E-state index contributed by atoms with van der Waals surface area (Å²) >= 11 is 0. The van der Waals surface area contributed by atoms with E-state index in [2.05, 4.69) is 19.1 Å². The van der Waals surface area contributed by atoms with E-state index in [0.29, 0.717) is 0 Å². The maximum Gasteiger partial charge on any atom is 0.0422 e. The van der Waals surface area contributed by atoms with E-state index < -0.39 is 0 Å². The molecule has 0 heterocycles. The largest absolute Gasteiger partial charge is 0.372 e. The van der Waals surface area contributed by atoms with Crippen molar-refractivity contribution in [2.45, 2.75) is 58.3 Å². The number of unbranched alkanes of at least 4 members (excludes halogenated alkanes) is 6. The first-order valence-electron chi connectivity index (χ1n) is 6.86. The van der Waals surface area contributed by atoms with Gasteiger partial charge in [-0.05, 0) is 18.4 Å². The summed E-state index contributed by atoms with van der Waals surface area (Å²) in [7, 11) is -0.0591. The van der Waals surface area contributed by atoms with E-state index >= 15 is 0 Å². The number of hydrogen-bond acceptors (Lipinski definition) is 1. The summed E-state index contributed by atoms with van der Waals surface area (Å²) in [5.74, 6) is 0. The number of benzene rings is 1. The van der Waals surface area contributed by atoms with Crippen LogP contribution in [0, 0.1) is 0 Å². The minimum Gasteiger partial charge on any atom is -0.372 e. The van der Waals surface area contributed by atoms with Crippen LogP contribution in [-0.4, -0.2) is 4.89 Å². The summed E-state index contributed by atoms with van der Waals surface area (Å²) in [6, 6.07) is 8.26. The van der Waals surface area contributed by atoms with Crippen LogP contribution in [0.3, 0.4) is 0 Å². The highest BCUT2D eigenvalue weighted by Crippen LogP contribution is 2.13. The molecule has 0 aliphatic carbocycles. The van der Waals surface area contributed by atoms with Gasteiger partial charge >= 0.3 is 0 Å². The molecule has 0 radical (unpaired) electrons. The van der Waals surface area contributed by atoms with Crippen LogP contribution in [0.2, 0.25) is 0 Å². The molecule has 0 fully saturated rings. The van der Waals surface area contributed by atoms with Crippen molar-refractivity contribution in [1.29, 1.82) is 0 Å². The molecule has 96 valence electrons. The van der Waals surface area contributed by atoms with Crippen LogP contribution in [0.15, 0.2) is 24.3 Å². The molecule has 0 aliphatic rings. The summed E-state index contributed by atoms with van der Waals surface area (Å²) in [5, 5.41) is 1.12. The molecule has 0 amide bonds. The van der Waals surface area contributed by atoms with Gasteiger partial charge in [0.25, 0.3) is 0 Å². The fourth-order valence-corrected chi connectivity index (χ4v) is 2.64. The topological polar surface area (TPSA) is 20.2 Å². The Labute approximate surface area is 108 Å². The molecule has 1 nitrogen and oxygen atoms in total. The predicted molar refractivity (Wildman–Crippen MR) is 78.3 cm³/mol. The molecular formula is C15H25OP. The Bertz CT molecular complexity index is 299. The molecule has 1 aromatic rings. The van der Waals surface area contributed by atoms with Crippen LogP contribution in [0.5, 0.6) is 0 Å². The third-order valence-corrected chi connectivity index (χ3v) is 3.92. The lowest BCUT2D eigenvalue weighted by Gasteiger charge is -2.06. The van der Waals surface area contributed by atoms with E-state index in [0.717, 1.165) is 11.7 Å². The summed E-state index contributed by atoms with van der Waals surface area (Å²) < 4.78 is 0. The maximum atomic E-state index is 9.25. The summed E-state index contributed by atoms with van der Waals surface area (Å²) in [6.45, 7) is 2.26. The van der Waals surface area contributed by atoms with Gasteiger partial charge in [0.2, 0.25) is 0 Å². The first-order chi connectivity index (χ1) is 8.38. The Morgan fingerprint density at radius 2 is 1.59 bits per heavy atom. The van der Waals surface area contributed by atoms with Gasteiger partial charge in [-0.25, -0.2) is 0 Å². The fourth-order valence-electron chi connectivity index (χ4n) is 2.12. The zero-order valence-corrected chi connectivity index (χ0v) is 11.9. The third-order valence-electron chi connectivity index (χ3n) is 3.19. The van der Waals surface area contributed by atoms with E-state index in [9.17, 15) is 4.89 Å². The van der Waals surface area contributed by atoms with E-state index in [1.165, 1.54) is 50.5 Å². The van der Waals surface area contributed by atoms with Crippen LogP contribution in [0.25, 0.3) is 0 Å². The van der Waals surface area contributed by atoms with Crippen LogP contribution in [-0.2, 0) is 6.42 Å². The normalized spacial score (nSPS) is 11.4. The van der Waals surface area contributed by atoms with Crippen molar-refractivity contribution in [1.82, 2.24) is 0 Å². The lowest BCUT2D eigenvalue weighted by Crippen LogP contribution is -2.03. The van der Waals surface area contributed by atoms with Crippen LogP contribution < -0.4 is 5.30 Å². The average Bonchev–Trinajstić information content (AvgIpc) is 2.38. The number of aryl methyl sites for hydroxylation is 1. The van der Waals surface area contributed by atoms with E-state index in [-0.39, 0.29) is 8.81 Å². The van der Waals surface area contributed by atoms with Gasteiger partial charge in [-0.2, -0.15) is 0 Å². The zero-order chi connectivity index (χ0) is 12.3. The third kappa shape index (κ3) is 6.19. The minimum absolute atomic E-state index is 0.0591. The van der Waals surface area contributed by atoms with Gasteiger partial charge < -0.3 is 4.89 Å². The van der Waals surface area contributed by atoms with Crippen molar-refractivity contribution in [2.75, 3.05) is 0 Å². The van der Waals surface area contributed by atoms with Crippen molar-refractivity contribution in [3.63, 3.8) is 0 Å². The van der Waals surface area contributed by atoms with Crippen LogP contribution in [0.4, 0.5) is 0 Å². The first kappa shape index (κ1) is 14.7. The minimum atomic E-state index is -0.0591. The maximum absolute atomic E-state index is 9.25. The average molecular weight is 252 g/mol. The smallest absolute Gasteiger partial charge is 0.0422 e. The molecule has 1 N–H and O–H groups in total. The molecule has 0 saturated carbocycles. The molecule has 2 heteroatoms. The Balaban J connectivity index is 2.13. The van der Waals surface area contributed by atoms with Gasteiger partial charge in [0.15, 0.2) is 0 Å². The monoisotopic (exact) mass is 252 g/mol. The molecule has 1 rings (SSSR count). The lowest BCUT2D eigenvalue weighted by atomic mass is 10.0. The molecular weight excluding hydrogens is 227 g/mol. The van der Waals surface area contributed by atoms with E-state index in [1.807, 2.05) is 12.1 Å². The highest BCUT2D eigenvalue weighted by molar-refractivity contribution is 7.41. The summed E-state index contributed by atoms with van der Waals surface area (Å²) in [6.07, 6.45) is 10.6. The van der Waals surface area contributed by atoms with Gasteiger partial charge in [0, 0.05) is 14.1 Å². The summed E-state index contributed by atoms with van der Waals surface area (Å²) in [4.78, 5) is 9.25. The number of hydrogen-bond donors (Lipinski definition) is 1. The van der Waals surface area contributed by atoms with Crippen molar-refractivity contribution in [2.24, 2.45) is 0 Å².